The van der Waals surface area contributed by atoms with Crippen molar-refractivity contribution in [3.05, 3.63) is 63.1 Å². The zero-order valence-corrected chi connectivity index (χ0v) is 15.1. The first-order chi connectivity index (χ1) is 11.4. The molecule has 0 heterocycles. The average Bonchev–Trinajstić information content (AvgIpc) is 2.52. The monoisotopic (exact) mass is 384 g/mol. The smallest absolute Gasteiger partial charge is 0.240 e. The number of carbonyl (C=O) groups is 2. The van der Waals surface area contributed by atoms with Gasteiger partial charge in [0.2, 0.25) is 11.8 Å². The Balaban J connectivity index is 2.06. The van der Waals surface area contributed by atoms with Crippen molar-refractivity contribution in [2.24, 2.45) is 0 Å². The van der Waals surface area contributed by atoms with E-state index in [9.17, 15) is 9.59 Å². The Morgan fingerprint density at radius 1 is 1.04 bits per heavy atom. The van der Waals surface area contributed by atoms with Crippen LogP contribution in [-0.2, 0) is 16.1 Å². The third kappa shape index (κ3) is 4.87. The second-order valence-electron chi connectivity index (χ2n) is 5.07. The van der Waals surface area contributed by atoms with Crippen LogP contribution in [0.4, 0.5) is 5.69 Å². The second kappa shape index (κ2) is 8.38. The van der Waals surface area contributed by atoms with Gasteiger partial charge in [-0.3, -0.25) is 9.59 Å². The first kappa shape index (κ1) is 18.6. The number of rotatable bonds is 5. The molecule has 2 aromatic rings. The number of benzene rings is 2. The Morgan fingerprint density at radius 2 is 1.75 bits per heavy atom. The number of hydrogen-bond acceptors (Lipinski definition) is 2. The third-order valence-electron chi connectivity index (χ3n) is 3.32. The summed E-state index contributed by atoms with van der Waals surface area (Å²) in [4.78, 5) is 25.3. The molecule has 24 heavy (non-hydrogen) atoms. The Hall–Kier alpha value is -1.75. The molecule has 0 spiro atoms. The number of nitrogens with zero attached hydrogens (tertiary/aromatic N) is 1. The molecule has 0 saturated heterocycles. The van der Waals surface area contributed by atoms with E-state index in [1.54, 1.807) is 18.2 Å². The van der Waals surface area contributed by atoms with E-state index in [0.717, 1.165) is 5.56 Å². The number of amides is 2. The molecule has 4 nitrogen and oxygen atoms in total. The van der Waals surface area contributed by atoms with E-state index in [2.05, 4.69) is 5.32 Å². The number of halogens is 3. The Kier molecular flexibility index (Phi) is 6.49. The van der Waals surface area contributed by atoms with E-state index in [4.69, 9.17) is 34.8 Å². The summed E-state index contributed by atoms with van der Waals surface area (Å²) in [7, 11) is 0. The van der Waals surface area contributed by atoms with E-state index in [0.29, 0.717) is 20.8 Å². The summed E-state index contributed by atoms with van der Waals surface area (Å²) in [5.41, 5.74) is 1.23. The maximum Gasteiger partial charge on any atom is 0.240 e. The van der Waals surface area contributed by atoms with Gasteiger partial charge < -0.3 is 10.2 Å². The molecular weight excluding hydrogens is 371 g/mol. The van der Waals surface area contributed by atoms with Gasteiger partial charge in [-0.15, -0.1) is 0 Å². The van der Waals surface area contributed by atoms with Crippen molar-refractivity contribution in [1.82, 2.24) is 5.32 Å². The molecule has 7 heteroatoms. The van der Waals surface area contributed by atoms with Gasteiger partial charge in [-0.2, -0.15) is 0 Å². The quantitative estimate of drug-likeness (QED) is 0.833. The molecule has 2 amide bonds. The second-order valence-corrected chi connectivity index (χ2v) is 6.32. The van der Waals surface area contributed by atoms with Crippen molar-refractivity contribution >= 4 is 52.3 Å². The molecule has 0 fully saturated rings. The molecule has 0 atom stereocenters. The van der Waals surface area contributed by atoms with Crippen LogP contribution in [0.3, 0.4) is 0 Å². The SMILES string of the molecule is CC(=O)N(CC(=O)NCc1ccccc1Cl)c1ccc(Cl)cc1Cl. The lowest BCUT2D eigenvalue weighted by atomic mass is 10.2. The van der Waals surface area contributed by atoms with Crippen LogP contribution in [0, 0.1) is 0 Å². The largest absolute Gasteiger partial charge is 0.350 e. The van der Waals surface area contributed by atoms with Crippen molar-refractivity contribution in [2.45, 2.75) is 13.5 Å². The lowest BCUT2D eigenvalue weighted by Gasteiger charge is -2.22. The molecule has 0 aliphatic rings. The molecule has 0 saturated carbocycles. The Labute approximate surface area is 155 Å². The molecule has 2 rings (SSSR count). The van der Waals surface area contributed by atoms with Crippen LogP contribution in [0.25, 0.3) is 0 Å². The lowest BCUT2D eigenvalue weighted by molar-refractivity contribution is -0.123. The Bertz CT molecular complexity index is 765. The topological polar surface area (TPSA) is 49.4 Å². The van der Waals surface area contributed by atoms with Crippen LogP contribution >= 0.6 is 34.8 Å². The van der Waals surface area contributed by atoms with Gasteiger partial charge in [0.05, 0.1) is 10.7 Å². The van der Waals surface area contributed by atoms with Crippen molar-refractivity contribution in [2.75, 3.05) is 11.4 Å². The Morgan fingerprint density at radius 3 is 2.38 bits per heavy atom. The minimum Gasteiger partial charge on any atom is -0.350 e. The van der Waals surface area contributed by atoms with Crippen molar-refractivity contribution < 1.29 is 9.59 Å². The van der Waals surface area contributed by atoms with Crippen molar-refractivity contribution in [3.8, 4) is 0 Å². The first-order valence-corrected chi connectivity index (χ1v) is 8.25. The molecule has 0 aliphatic heterocycles. The summed E-state index contributed by atoms with van der Waals surface area (Å²) < 4.78 is 0. The van der Waals surface area contributed by atoms with Gasteiger partial charge in [0.15, 0.2) is 0 Å². The fourth-order valence-corrected chi connectivity index (χ4v) is 2.81. The number of hydrogen-bond donors (Lipinski definition) is 1. The van der Waals surface area contributed by atoms with Gasteiger partial charge in [-0.05, 0) is 29.8 Å². The van der Waals surface area contributed by atoms with Crippen LogP contribution in [0.15, 0.2) is 42.5 Å². The molecule has 0 aliphatic carbocycles. The van der Waals surface area contributed by atoms with E-state index in [1.165, 1.54) is 17.9 Å². The molecule has 0 aromatic heterocycles. The molecule has 0 bridgehead atoms. The van der Waals surface area contributed by atoms with Crippen LogP contribution in [0.2, 0.25) is 15.1 Å². The molecule has 1 N–H and O–H groups in total. The molecule has 0 unspecified atom stereocenters. The van der Waals surface area contributed by atoms with Crippen LogP contribution in [0.1, 0.15) is 12.5 Å². The summed E-state index contributed by atoms with van der Waals surface area (Å²) in [5, 5.41) is 4.07. The lowest BCUT2D eigenvalue weighted by Crippen LogP contribution is -2.39. The van der Waals surface area contributed by atoms with Gasteiger partial charge in [0.25, 0.3) is 0 Å². The number of nitrogens with one attached hydrogen (secondary N) is 1. The van der Waals surface area contributed by atoms with Crippen molar-refractivity contribution in [3.63, 3.8) is 0 Å². The fraction of sp³-hybridized carbons (Fsp3) is 0.176. The fourth-order valence-electron chi connectivity index (χ4n) is 2.10. The zero-order valence-electron chi connectivity index (χ0n) is 12.9. The average molecular weight is 386 g/mol. The summed E-state index contributed by atoms with van der Waals surface area (Å²) >= 11 is 18.0. The van der Waals surface area contributed by atoms with E-state index in [1.807, 2.05) is 18.2 Å². The standard InChI is InChI=1S/C17H15Cl3N2O2/c1-11(23)22(16-7-6-13(18)8-15(16)20)10-17(24)21-9-12-4-2-3-5-14(12)19/h2-8H,9-10H2,1H3,(H,21,24). The van der Waals surface area contributed by atoms with Gasteiger partial charge in [-0.25, -0.2) is 0 Å². The minimum absolute atomic E-state index is 0.152. The molecule has 126 valence electrons. The van der Waals surface area contributed by atoms with Crippen molar-refractivity contribution in [1.29, 1.82) is 0 Å². The highest BCUT2D eigenvalue weighted by Crippen LogP contribution is 2.28. The summed E-state index contributed by atoms with van der Waals surface area (Å²) in [5.74, 6) is -0.622. The normalized spacial score (nSPS) is 10.3. The number of carbonyl (C=O) groups excluding carboxylic acids is 2. The highest BCUT2D eigenvalue weighted by Gasteiger charge is 2.18. The zero-order chi connectivity index (χ0) is 17.7. The third-order valence-corrected chi connectivity index (χ3v) is 4.22. The summed E-state index contributed by atoms with van der Waals surface area (Å²) in [6, 6.07) is 12.0. The highest BCUT2D eigenvalue weighted by molar-refractivity contribution is 6.36. The van der Waals surface area contributed by atoms with Gasteiger partial charge in [0, 0.05) is 23.5 Å². The molecular formula is C17H15Cl3N2O2. The maximum atomic E-state index is 12.2. The highest BCUT2D eigenvalue weighted by atomic mass is 35.5. The van der Waals surface area contributed by atoms with Crippen LogP contribution < -0.4 is 10.2 Å². The molecule has 0 radical (unpaired) electrons. The van der Waals surface area contributed by atoms with Gasteiger partial charge in [-0.1, -0.05) is 53.0 Å². The molecule has 2 aromatic carbocycles. The summed E-state index contributed by atoms with van der Waals surface area (Å²) in [6.07, 6.45) is 0. The predicted octanol–water partition coefficient (Wildman–Crippen LogP) is 4.32. The van der Waals surface area contributed by atoms with E-state index >= 15 is 0 Å². The van der Waals surface area contributed by atoms with Gasteiger partial charge >= 0.3 is 0 Å². The summed E-state index contributed by atoms with van der Waals surface area (Å²) in [6.45, 7) is 1.49. The van der Waals surface area contributed by atoms with Gasteiger partial charge in [0.1, 0.15) is 6.54 Å². The van der Waals surface area contributed by atoms with E-state index in [-0.39, 0.29) is 24.9 Å². The van der Waals surface area contributed by atoms with E-state index < -0.39 is 0 Å². The van der Waals surface area contributed by atoms with Crippen LogP contribution in [-0.4, -0.2) is 18.4 Å². The first-order valence-electron chi connectivity index (χ1n) is 7.11. The predicted molar refractivity (Wildman–Crippen MR) is 97.8 cm³/mol. The maximum absolute atomic E-state index is 12.2. The van der Waals surface area contributed by atoms with Crippen LogP contribution in [0.5, 0.6) is 0 Å². The number of anilines is 1. The minimum atomic E-state index is -0.323.